The molecule has 0 aromatic carbocycles. The van der Waals surface area contributed by atoms with Gasteiger partial charge in [0.2, 0.25) is 0 Å². The lowest BCUT2D eigenvalue weighted by atomic mass is 9.96. The van der Waals surface area contributed by atoms with Crippen molar-refractivity contribution in [2.45, 2.75) is 45.2 Å². The topological polar surface area (TPSA) is 59.2 Å². The van der Waals surface area contributed by atoms with Crippen molar-refractivity contribution in [2.24, 2.45) is 5.73 Å². The van der Waals surface area contributed by atoms with Crippen LogP contribution in [0.1, 0.15) is 42.1 Å². The third-order valence-electron chi connectivity index (χ3n) is 3.54. The van der Waals surface area contributed by atoms with E-state index < -0.39 is 0 Å². The van der Waals surface area contributed by atoms with E-state index in [4.69, 9.17) is 5.73 Å². The van der Waals surface area contributed by atoms with Gasteiger partial charge in [0.05, 0.1) is 5.56 Å². The van der Waals surface area contributed by atoms with Gasteiger partial charge in [-0.1, -0.05) is 0 Å². The Labute approximate surface area is 108 Å². The molecule has 1 saturated heterocycles. The highest BCUT2D eigenvalue weighted by atomic mass is 16.2. The summed E-state index contributed by atoms with van der Waals surface area (Å²) in [7, 11) is 0. The van der Waals surface area contributed by atoms with Crippen LogP contribution in [-0.2, 0) is 0 Å². The Morgan fingerprint density at radius 2 is 2.28 bits per heavy atom. The van der Waals surface area contributed by atoms with Gasteiger partial charge in [0.25, 0.3) is 5.91 Å². The van der Waals surface area contributed by atoms with Gasteiger partial charge in [-0.3, -0.25) is 9.78 Å². The number of hydrogen-bond donors (Lipinski definition) is 1. The number of nitrogens with zero attached hydrogens (tertiary/aromatic N) is 2. The molecule has 2 N–H and O–H groups in total. The number of piperidine rings is 1. The smallest absolute Gasteiger partial charge is 0.255 e. The Hall–Kier alpha value is -1.42. The van der Waals surface area contributed by atoms with Crippen molar-refractivity contribution in [3.63, 3.8) is 0 Å². The monoisotopic (exact) mass is 247 g/mol. The number of hydrogen-bond acceptors (Lipinski definition) is 3. The molecule has 1 aromatic rings. The lowest BCUT2D eigenvalue weighted by Crippen LogP contribution is -2.51. The largest absolute Gasteiger partial charge is 0.334 e. The molecule has 98 valence electrons. The van der Waals surface area contributed by atoms with Gasteiger partial charge >= 0.3 is 0 Å². The number of aromatic nitrogens is 1. The van der Waals surface area contributed by atoms with Crippen molar-refractivity contribution >= 4 is 5.91 Å². The molecule has 0 unspecified atom stereocenters. The zero-order valence-corrected chi connectivity index (χ0v) is 11.1. The number of aryl methyl sites for hydroxylation is 1. The average Bonchev–Trinajstić information content (AvgIpc) is 2.38. The number of amides is 1. The van der Waals surface area contributed by atoms with Crippen molar-refractivity contribution < 1.29 is 4.79 Å². The van der Waals surface area contributed by atoms with Crippen LogP contribution in [0.2, 0.25) is 0 Å². The first-order valence-corrected chi connectivity index (χ1v) is 6.58. The lowest BCUT2D eigenvalue weighted by molar-refractivity contribution is 0.0583. The van der Waals surface area contributed by atoms with Crippen molar-refractivity contribution in [1.29, 1.82) is 0 Å². The number of carbonyl (C=O) groups is 1. The van der Waals surface area contributed by atoms with Crippen molar-refractivity contribution in [1.82, 2.24) is 9.88 Å². The number of rotatable bonds is 2. The van der Waals surface area contributed by atoms with Gasteiger partial charge in [-0.2, -0.15) is 0 Å². The molecule has 0 saturated carbocycles. The first kappa shape index (κ1) is 13.0. The van der Waals surface area contributed by atoms with Gasteiger partial charge in [-0.25, -0.2) is 0 Å². The van der Waals surface area contributed by atoms with Crippen LogP contribution in [0.3, 0.4) is 0 Å². The quantitative estimate of drug-likeness (QED) is 0.866. The van der Waals surface area contributed by atoms with Gasteiger partial charge in [-0.05, 0) is 44.7 Å². The molecule has 1 amide bonds. The Morgan fingerprint density at radius 3 is 2.94 bits per heavy atom. The minimum Gasteiger partial charge on any atom is -0.334 e. The fourth-order valence-corrected chi connectivity index (χ4v) is 2.59. The summed E-state index contributed by atoms with van der Waals surface area (Å²) in [6.45, 7) is 4.73. The highest BCUT2D eigenvalue weighted by molar-refractivity contribution is 5.94. The van der Waals surface area contributed by atoms with Crippen LogP contribution in [0, 0.1) is 6.92 Å². The number of likely N-dealkylation sites (tertiary alicyclic amines) is 1. The molecule has 18 heavy (non-hydrogen) atoms. The molecule has 2 heterocycles. The molecular formula is C14H21N3O. The lowest BCUT2D eigenvalue weighted by Gasteiger charge is -2.38. The summed E-state index contributed by atoms with van der Waals surface area (Å²) in [4.78, 5) is 18.5. The van der Waals surface area contributed by atoms with E-state index in [1.165, 1.54) is 0 Å². The minimum atomic E-state index is 0.0204. The molecule has 0 aliphatic carbocycles. The molecule has 4 nitrogen and oxygen atoms in total. The van der Waals surface area contributed by atoms with Gasteiger partial charge in [0, 0.05) is 31.0 Å². The predicted octanol–water partition coefficient (Wildman–Crippen LogP) is 1.73. The van der Waals surface area contributed by atoms with E-state index in [0.29, 0.717) is 5.56 Å². The second-order valence-corrected chi connectivity index (χ2v) is 5.17. The number of carbonyl (C=O) groups excluding carboxylic acids is 1. The molecule has 0 bridgehead atoms. The SMILES string of the molecule is Cc1cncc(C(=O)N2CCCC[C@H]2[C@H](C)N)c1. The first-order chi connectivity index (χ1) is 8.59. The van der Waals surface area contributed by atoms with E-state index in [0.717, 1.165) is 31.4 Å². The first-order valence-electron chi connectivity index (χ1n) is 6.58. The van der Waals surface area contributed by atoms with Crippen molar-refractivity contribution in [3.8, 4) is 0 Å². The zero-order chi connectivity index (χ0) is 13.1. The van der Waals surface area contributed by atoms with Crippen LogP contribution >= 0.6 is 0 Å². The molecule has 0 spiro atoms. The third-order valence-corrected chi connectivity index (χ3v) is 3.54. The van der Waals surface area contributed by atoms with Crippen LogP contribution in [0.4, 0.5) is 0 Å². The maximum absolute atomic E-state index is 12.5. The summed E-state index contributed by atoms with van der Waals surface area (Å²) in [6.07, 6.45) is 6.62. The summed E-state index contributed by atoms with van der Waals surface area (Å²) in [6, 6.07) is 2.07. The standard InChI is InChI=1S/C14H21N3O/c1-10-7-12(9-16-8-10)14(18)17-6-4-3-5-13(17)11(2)15/h7-9,11,13H,3-6,15H2,1-2H3/t11-,13-/m0/s1. The van der Waals surface area contributed by atoms with Gasteiger partial charge in [0.15, 0.2) is 0 Å². The molecule has 1 aliphatic rings. The summed E-state index contributed by atoms with van der Waals surface area (Å²) in [5.41, 5.74) is 7.67. The maximum atomic E-state index is 12.5. The predicted molar refractivity (Wildman–Crippen MR) is 71.3 cm³/mol. The molecule has 4 heteroatoms. The number of nitrogens with two attached hydrogens (primary N) is 1. The second kappa shape index (κ2) is 5.48. The summed E-state index contributed by atoms with van der Waals surface area (Å²) < 4.78 is 0. The Kier molecular flexibility index (Phi) is 3.97. The van der Waals surface area contributed by atoms with Crippen LogP contribution in [-0.4, -0.2) is 34.4 Å². The Morgan fingerprint density at radius 1 is 1.50 bits per heavy atom. The molecule has 1 aliphatic heterocycles. The molecule has 0 radical (unpaired) electrons. The zero-order valence-electron chi connectivity index (χ0n) is 11.1. The van der Waals surface area contributed by atoms with Gasteiger partial charge in [0.1, 0.15) is 0 Å². The highest BCUT2D eigenvalue weighted by Crippen LogP contribution is 2.21. The van der Waals surface area contributed by atoms with Crippen LogP contribution in [0.15, 0.2) is 18.5 Å². The van der Waals surface area contributed by atoms with Crippen molar-refractivity contribution in [3.05, 3.63) is 29.6 Å². The van der Waals surface area contributed by atoms with Crippen LogP contribution < -0.4 is 5.73 Å². The molecule has 1 aromatic heterocycles. The van der Waals surface area contributed by atoms with Crippen molar-refractivity contribution in [2.75, 3.05) is 6.54 Å². The van der Waals surface area contributed by atoms with E-state index in [1.54, 1.807) is 12.4 Å². The van der Waals surface area contributed by atoms with Gasteiger partial charge in [-0.15, -0.1) is 0 Å². The normalized spacial score (nSPS) is 21.7. The van der Waals surface area contributed by atoms with E-state index in [1.807, 2.05) is 24.8 Å². The van der Waals surface area contributed by atoms with E-state index >= 15 is 0 Å². The van der Waals surface area contributed by atoms with E-state index in [-0.39, 0.29) is 18.0 Å². The minimum absolute atomic E-state index is 0.0204. The van der Waals surface area contributed by atoms with E-state index in [2.05, 4.69) is 4.98 Å². The molecule has 2 atom stereocenters. The second-order valence-electron chi connectivity index (χ2n) is 5.17. The van der Waals surface area contributed by atoms with Crippen LogP contribution in [0.5, 0.6) is 0 Å². The van der Waals surface area contributed by atoms with Gasteiger partial charge < -0.3 is 10.6 Å². The third kappa shape index (κ3) is 2.70. The fraction of sp³-hybridized carbons (Fsp3) is 0.571. The highest BCUT2D eigenvalue weighted by Gasteiger charge is 2.29. The molecular weight excluding hydrogens is 226 g/mol. The summed E-state index contributed by atoms with van der Waals surface area (Å²) in [5, 5.41) is 0. The summed E-state index contributed by atoms with van der Waals surface area (Å²) >= 11 is 0. The van der Waals surface area contributed by atoms with E-state index in [9.17, 15) is 4.79 Å². The molecule has 2 rings (SSSR count). The summed E-state index contributed by atoms with van der Waals surface area (Å²) in [5.74, 6) is 0.0631. The average molecular weight is 247 g/mol. The Balaban J connectivity index is 2.21. The maximum Gasteiger partial charge on any atom is 0.255 e. The van der Waals surface area contributed by atoms with Crippen LogP contribution in [0.25, 0.3) is 0 Å². The number of pyridine rings is 1. The fourth-order valence-electron chi connectivity index (χ4n) is 2.59. The molecule has 1 fully saturated rings. The Bertz CT molecular complexity index is 431.